The largest absolute Gasteiger partial charge is 0.394 e. The molecular formula is C16H17ClN4O6. The fourth-order valence-corrected chi connectivity index (χ4v) is 2.92. The van der Waals surface area contributed by atoms with Crippen LogP contribution >= 0.6 is 11.6 Å². The van der Waals surface area contributed by atoms with Crippen LogP contribution in [0.5, 0.6) is 0 Å². The van der Waals surface area contributed by atoms with Crippen molar-refractivity contribution >= 4 is 22.6 Å². The number of nitrogens with one attached hydrogen (secondary N) is 1. The molecule has 0 fully saturated rings. The van der Waals surface area contributed by atoms with E-state index < -0.39 is 36.2 Å². The Morgan fingerprint density at radius 3 is 2.56 bits per heavy atom. The van der Waals surface area contributed by atoms with Crippen LogP contribution in [0.2, 0.25) is 5.02 Å². The topological polar surface area (TPSA) is 162 Å². The Hall–Kier alpha value is -2.37. The molecule has 2 aliphatic heterocycles. The van der Waals surface area contributed by atoms with Crippen molar-refractivity contribution < 1.29 is 20.4 Å². The molecule has 0 bridgehead atoms. The first-order chi connectivity index (χ1) is 12.7. The van der Waals surface area contributed by atoms with Crippen molar-refractivity contribution in [2.24, 2.45) is 0 Å². The lowest BCUT2D eigenvalue weighted by Crippen LogP contribution is -2.42. The molecule has 0 radical (unpaired) electrons. The van der Waals surface area contributed by atoms with Gasteiger partial charge in [0.1, 0.15) is 18.3 Å². The summed E-state index contributed by atoms with van der Waals surface area (Å²) >= 11 is 6.12. The van der Waals surface area contributed by atoms with Gasteiger partial charge in [-0.25, -0.2) is 9.78 Å². The Labute approximate surface area is 156 Å². The highest BCUT2D eigenvalue weighted by atomic mass is 35.5. The van der Waals surface area contributed by atoms with Gasteiger partial charge in [0.05, 0.1) is 24.2 Å². The Morgan fingerprint density at radius 1 is 1.19 bits per heavy atom. The van der Waals surface area contributed by atoms with Crippen LogP contribution in [0, 0.1) is 6.92 Å². The number of aliphatic hydroxyl groups excluding tert-OH is 4. The number of aromatic nitrogens is 4. The average Bonchev–Trinajstić information content (AvgIpc) is 2.62. The number of hydrogen-bond acceptors (Lipinski definition) is 8. The maximum Gasteiger partial charge on any atom is 0.349 e. The van der Waals surface area contributed by atoms with Gasteiger partial charge in [-0.1, -0.05) is 11.6 Å². The molecule has 0 unspecified atom stereocenters. The summed E-state index contributed by atoms with van der Waals surface area (Å²) in [5.74, 6) is -0.0947. The molecule has 0 saturated carbocycles. The number of hydrogen-bond donors (Lipinski definition) is 5. The van der Waals surface area contributed by atoms with Crippen molar-refractivity contribution in [2.75, 3.05) is 6.61 Å². The summed E-state index contributed by atoms with van der Waals surface area (Å²) in [6, 6.07) is 3.16. The van der Waals surface area contributed by atoms with Gasteiger partial charge in [0, 0.05) is 5.02 Å². The molecule has 0 aromatic heterocycles. The first kappa shape index (κ1) is 19.4. The van der Waals surface area contributed by atoms with Crippen molar-refractivity contribution in [1.29, 1.82) is 0 Å². The van der Waals surface area contributed by atoms with Crippen LogP contribution in [0.15, 0.2) is 21.7 Å². The van der Waals surface area contributed by atoms with Gasteiger partial charge in [0.2, 0.25) is 0 Å². The highest BCUT2D eigenvalue weighted by molar-refractivity contribution is 6.32. The first-order valence-electron chi connectivity index (χ1n) is 7.98. The predicted octanol–water partition coefficient (Wildman–Crippen LogP) is -1.38. The van der Waals surface area contributed by atoms with E-state index >= 15 is 0 Å². The second kappa shape index (κ2) is 7.33. The standard InChI is InChI=1S/C16H17ClN4O6/c1-6-2-9-8(3-7(6)17)18-12-14(19-16(27)20-15(12)26)21(9)4-10(23)13(25)11(24)5-22/h2-3,10-11,13,22-25H,4-5H2,1H3,(H,20,26,27)/t10-,11+,13-/m0/s1. The lowest BCUT2D eigenvalue weighted by molar-refractivity contribution is -0.0802. The summed E-state index contributed by atoms with van der Waals surface area (Å²) in [7, 11) is 0. The number of nitrogens with zero attached hydrogens (tertiary/aromatic N) is 3. The minimum atomic E-state index is -1.66. The minimum Gasteiger partial charge on any atom is -0.394 e. The smallest absolute Gasteiger partial charge is 0.349 e. The molecule has 144 valence electrons. The summed E-state index contributed by atoms with van der Waals surface area (Å²) in [6.07, 6.45) is -4.76. The van der Waals surface area contributed by atoms with Crippen LogP contribution < -0.4 is 11.2 Å². The Bertz CT molecular complexity index is 1080. The molecule has 0 amide bonds. The average molecular weight is 397 g/mol. The van der Waals surface area contributed by atoms with E-state index in [-0.39, 0.29) is 18.1 Å². The van der Waals surface area contributed by atoms with Gasteiger partial charge in [0.15, 0.2) is 11.5 Å². The van der Waals surface area contributed by atoms with Crippen LogP contribution in [-0.4, -0.2) is 64.9 Å². The third-order valence-electron chi connectivity index (χ3n) is 4.23. The van der Waals surface area contributed by atoms with Crippen LogP contribution in [0.4, 0.5) is 0 Å². The molecule has 3 atom stereocenters. The van der Waals surface area contributed by atoms with Gasteiger partial charge >= 0.3 is 5.69 Å². The number of halogens is 1. The molecule has 0 aliphatic carbocycles. The fraction of sp³-hybridized carbons (Fsp3) is 0.375. The molecule has 11 heteroatoms. The van der Waals surface area contributed by atoms with Crippen molar-refractivity contribution in [3.8, 4) is 11.5 Å². The van der Waals surface area contributed by atoms with Gasteiger partial charge < -0.3 is 25.0 Å². The lowest BCUT2D eigenvalue weighted by Gasteiger charge is -2.25. The van der Waals surface area contributed by atoms with E-state index in [0.29, 0.717) is 21.6 Å². The van der Waals surface area contributed by atoms with Gasteiger partial charge in [-0.2, -0.15) is 4.98 Å². The van der Waals surface area contributed by atoms with E-state index in [1.165, 1.54) is 10.6 Å². The van der Waals surface area contributed by atoms with Crippen LogP contribution in [-0.2, 0) is 6.54 Å². The van der Waals surface area contributed by atoms with E-state index in [9.17, 15) is 24.9 Å². The number of rotatable bonds is 5. The molecule has 2 aliphatic rings. The number of aliphatic hydroxyl groups is 4. The van der Waals surface area contributed by atoms with Gasteiger partial charge in [-0.15, -0.1) is 0 Å². The van der Waals surface area contributed by atoms with Crippen LogP contribution in [0.25, 0.3) is 22.6 Å². The van der Waals surface area contributed by atoms with E-state index in [1.807, 2.05) is 4.98 Å². The van der Waals surface area contributed by atoms with Gasteiger partial charge in [-0.3, -0.25) is 9.78 Å². The summed E-state index contributed by atoms with van der Waals surface area (Å²) in [5.41, 5.74) is -0.399. The van der Waals surface area contributed by atoms with Crippen molar-refractivity contribution in [3.63, 3.8) is 0 Å². The molecule has 2 heterocycles. The molecule has 0 saturated heterocycles. The van der Waals surface area contributed by atoms with Crippen molar-refractivity contribution in [2.45, 2.75) is 31.8 Å². The molecule has 10 nitrogen and oxygen atoms in total. The van der Waals surface area contributed by atoms with Gasteiger partial charge in [0.25, 0.3) is 5.56 Å². The summed E-state index contributed by atoms with van der Waals surface area (Å²) in [6.45, 7) is 0.657. The number of H-pyrrole nitrogens is 1. The first-order valence-corrected chi connectivity index (χ1v) is 8.36. The molecule has 3 rings (SSSR count). The highest BCUT2D eigenvalue weighted by Gasteiger charge is 2.27. The highest BCUT2D eigenvalue weighted by Crippen LogP contribution is 2.26. The molecule has 27 heavy (non-hydrogen) atoms. The number of aryl methyl sites for hydroxylation is 1. The van der Waals surface area contributed by atoms with E-state index in [4.69, 9.17) is 16.7 Å². The molecule has 1 aromatic carbocycles. The lowest BCUT2D eigenvalue weighted by atomic mass is 10.1. The molecule has 5 N–H and O–H groups in total. The fourth-order valence-electron chi connectivity index (χ4n) is 2.76. The zero-order chi connectivity index (χ0) is 19.9. The van der Waals surface area contributed by atoms with E-state index in [2.05, 4.69) is 9.97 Å². The number of fused-ring (bicyclic) bond motifs is 2. The second-order valence-electron chi connectivity index (χ2n) is 6.16. The van der Waals surface area contributed by atoms with Crippen LogP contribution in [0.3, 0.4) is 0 Å². The molecule has 0 spiro atoms. The molecule has 1 aromatic rings. The Balaban J connectivity index is 2.28. The summed E-state index contributed by atoms with van der Waals surface area (Å²) in [5, 5.41) is 39.1. The Morgan fingerprint density at radius 2 is 1.89 bits per heavy atom. The zero-order valence-electron chi connectivity index (χ0n) is 14.1. The SMILES string of the molecule is Cc1cc2c(cc1Cl)nc1c(=O)[nH]c(=O)nc-1n2C[C@H](O)[C@H](O)[C@H](O)CO. The second-order valence-corrected chi connectivity index (χ2v) is 6.57. The van der Waals surface area contributed by atoms with Crippen LogP contribution in [0.1, 0.15) is 5.56 Å². The van der Waals surface area contributed by atoms with E-state index in [0.717, 1.165) is 0 Å². The van der Waals surface area contributed by atoms with Crippen molar-refractivity contribution in [3.05, 3.63) is 43.6 Å². The third kappa shape index (κ3) is 3.57. The summed E-state index contributed by atoms with van der Waals surface area (Å²) < 4.78 is 1.34. The third-order valence-corrected chi connectivity index (χ3v) is 4.64. The molecular weight excluding hydrogens is 380 g/mol. The predicted molar refractivity (Wildman–Crippen MR) is 95.9 cm³/mol. The summed E-state index contributed by atoms with van der Waals surface area (Å²) in [4.78, 5) is 33.8. The van der Waals surface area contributed by atoms with Crippen molar-refractivity contribution in [1.82, 2.24) is 19.5 Å². The van der Waals surface area contributed by atoms with Gasteiger partial charge in [-0.05, 0) is 24.6 Å². The van der Waals surface area contributed by atoms with E-state index in [1.54, 1.807) is 13.0 Å². The normalized spacial score (nSPS) is 15.2. The number of benzene rings is 1. The monoisotopic (exact) mass is 396 g/mol. The minimum absolute atomic E-state index is 0.0947. The Kier molecular flexibility index (Phi) is 5.27. The quantitative estimate of drug-likeness (QED) is 0.330. The maximum atomic E-state index is 12.1. The number of aromatic amines is 1. The zero-order valence-corrected chi connectivity index (χ0v) is 14.9. The maximum absolute atomic E-state index is 12.1.